The third-order valence-corrected chi connectivity index (χ3v) is 3.10. The molecule has 80 valence electrons. The summed E-state index contributed by atoms with van der Waals surface area (Å²) in [5.74, 6) is 0. The molecule has 1 aromatic heterocycles. The number of nitrogens with two attached hydrogens (primary N) is 1. The summed E-state index contributed by atoms with van der Waals surface area (Å²) in [6, 6.07) is 6.64. The van der Waals surface area contributed by atoms with Gasteiger partial charge in [0.1, 0.15) is 0 Å². The van der Waals surface area contributed by atoms with E-state index in [2.05, 4.69) is 43.7 Å². The zero-order chi connectivity index (χ0) is 11.2. The van der Waals surface area contributed by atoms with Crippen LogP contribution in [0.1, 0.15) is 29.8 Å². The van der Waals surface area contributed by atoms with Crippen molar-refractivity contribution in [1.82, 2.24) is 4.57 Å². The van der Waals surface area contributed by atoms with E-state index < -0.39 is 0 Å². The van der Waals surface area contributed by atoms with Crippen LogP contribution in [0.3, 0.4) is 0 Å². The van der Waals surface area contributed by atoms with E-state index >= 15 is 0 Å². The van der Waals surface area contributed by atoms with Crippen molar-refractivity contribution in [2.75, 3.05) is 0 Å². The maximum atomic E-state index is 6.00. The third kappa shape index (κ3) is 1.45. The van der Waals surface area contributed by atoms with Crippen LogP contribution in [0.25, 0.3) is 10.9 Å². The van der Waals surface area contributed by atoms with Crippen LogP contribution in [-0.2, 0) is 7.05 Å². The molecular formula is C13H18N2. The van der Waals surface area contributed by atoms with Crippen molar-refractivity contribution in [2.24, 2.45) is 12.8 Å². The number of aryl methyl sites for hydroxylation is 3. The van der Waals surface area contributed by atoms with Gasteiger partial charge in [-0.2, -0.15) is 0 Å². The van der Waals surface area contributed by atoms with E-state index in [1.54, 1.807) is 0 Å². The molecule has 0 fully saturated rings. The Morgan fingerprint density at radius 3 is 2.53 bits per heavy atom. The molecule has 0 radical (unpaired) electrons. The van der Waals surface area contributed by atoms with Crippen LogP contribution >= 0.6 is 0 Å². The maximum absolute atomic E-state index is 6.00. The number of nitrogens with zero attached hydrogens (tertiary/aromatic N) is 1. The van der Waals surface area contributed by atoms with Gasteiger partial charge in [-0.1, -0.05) is 12.1 Å². The quantitative estimate of drug-likeness (QED) is 0.757. The summed E-state index contributed by atoms with van der Waals surface area (Å²) in [7, 11) is 2.09. The molecule has 0 aliphatic carbocycles. The standard InChI is InChI=1S/C13H18N2/c1-8-5-6-11-9(2)13(10(3)14)15(4)12(11)7-8/h5-7,10H,14H2,1-4H3. The molecule has 15 heavy (non-hydrogen) atoms. The molecular weight excluding hydrogens is 184 g/mol. The molecule has 1 unspecified atom stereocenters. The first-order chi connectivity index (χ1) is 7.02. The highest BCUT2D eigenvalue weighted by atomic mass is 15.0. The second-order valence-corrected chi connectivity index (χ2v) is 4.38. The predicted octanol–water partition coefficient (Wildman–Crippen LogP) is 2.81. The molecule has 2 heteroatoms. The molecule has 2 N–H and O–H groups in total. The van der Waals surface area contributed by atoms with Gasteiger partial charge in [0.2, 0.25) is 0 Å². The molecule has 1 atom stereocenters. The fraction of sp³-hybridized carbons (Fsp3) is 0.385. The van der Waals surface area contributed by atoms with E-state index in [4.69, 9.17) is 5.73 Å². The first kappa shape index (κ1) is 10.2. The lowest BCUT2D eigenvalue weighted by Crippen LogP contribution is -2.11. The summed E-state index contributed by atoms with van der Waals surface area (Å²) in [5, 5.41) is 1.32. The van der Waals surface area contributed by atoms with Crippen molar-refractivity contribution in [3.63, 3.8) is 0 Å². The average molecular weight is 202 g/mol. The van der Waals surface area contributed by atoms with Gasteiger partial charge >= 0.3 is 0 Å². The van der Waals surface area contributed by atoms with Crippen LogP contribution in [0.2, 0.25) is 0 Å². The lowest BCUT2D eigenvalue weighted by Gasteiger charge is -2.09. The van der Waals surface area contributed by atoms with Gasteiger partial charge in [0.25, 0.3) is 0 Å². The Labute approximate surface area is 90.7 Å². The van der Waals surface area contributed by atoms with Crippen LogP contribution in [-0.4, -0.2) is 4.57 Å². The van der Waals surface area contributed by atoms with E-state index in [0.717, 1.165) is 0 Å². The van der Waals surface area contributed by atoms with Crippen molar-refractivity contribution < 1.29 is 0 Å². The first-order valence-corrected chi connectivity index (χ1v) is 5.33. The highest BCUT2D eigenvalue weighted by Gasteiger charge is 2.14. The number of rotatable bonds is 1. The van der Waals surface area contributed by atoms with Gasteiger partial charge in [0.15, 0.2) is 0 Å². The Balaban J connectivity index is 2.85. The fourth-order valence-electron chi connectivity index (χ4n) is 2.40. The molecule has 0 amide bonds. The van der Waals surface area contributed by atoms with E-state index in [0.29, 0.717) is 0 Å². The predicted molar refractivity (Wildman–Crippen MR) is 65.0 cm³/mol. The molecule has 2 rings (SSSR count). The number of hydrogen-bond donors (Lipinski definition) is 1. The van der Waals surface area contributed by atoms with Gasteiger partial charge in [-0.05, 0) is 38.0 Å². The summed E-state index contributed by atoms with van der Waals surface area (Å²) in [6.07, 6.45) is 0. The molecule has 0 spiro atoms. The summed E-state index contributed by atoms with van der Waals surface area (Å²) in [6.45, 7) is 6.30. The highest BCUT2D eigenvalue weighted by molar-refractivity contribution is 5.86. The number of hydrogen-bond acceptors (Lipinski definition) is 1. The lowest BCUT2D eigenvalue weighted by molar-refractivity contribution is 0.720. The monoisotopic (exact) mass is 202 g/mol. The Hall–Kier alpha value is -1.28. The largest absolute Gasteiger partial charge is 0.346 e. The third-order valence-electron chi connectivity index (χ3n) is 3.10. The Morgan fingerprint density at radius 2 is 1.93 bits per heavy atom. The summed E-state index contributed by atoms with van der Waals surface area (Å²) in [5.41, 5.74) is 11.1. The van der Waals surface area contributed by atoms with Gasteiger partial charge in [0, 0.05) is 29.7 Å². The fourth-order valence-corrected chi connectivity index (χ4v) is 2.40. The minimum atomic E-state index is 0.0858. The molecule has 2 aromatic rings. The van der Waals surface area contributed by atoms with Crippen molar-refractivity contribution in [2.45, 2.75) is 26.8 Å². The molecule has 0 saturated carbocycles. The zero-order valence-corrected chi connectivity index (χ0v) is 9.83. The van der Waals surface area contributed by atoms with Crippen molar-refractivity contribution in [3.8, 4) is 0 Å². The average Bonchev–Trinajstić information content (AvgIpc) is 2.39. The van der Waals surface area contributed by atoms with Crippen LogP contribution < -0.4 is 5.73 Å². The summed E-state index contributed by atoms with van der Waals surface area (Å²) in [4.78, 5) is 0. The van der Waals surface area contributed by atoms with Crippen molar-refractivity contribution in [1.29, 1.82) is 0 Å². The molecule has 0 bridgehead atoms. The van der Waals surface area contributed by atoms with Gasteiger partial charge in [-0.15, -0.1) is 0 Å². The van der Waals surface area contributed by atoms with Gasteiger partial charge in [0.05, 0.1) is 0 Å². The number of aromatic nitrogens is 1. The van der Waals surface area contributed by atoms with E-state index in [1.807, 2.05) is 6.92 Å². The van der Waals surface area contributed by atoms with Crippen LogP contribution in [0.4, 0.5) is 0 Å². The topological polar surface area (TPSA) is 30.9 Å². The molecule has 2 nitrogen and oxygen atoms in total. The van der Waals surface area contributed by atoms with Crippen LogP contribution in [0, 0.1) is 13.8 Å². The summed E-state index contributed by atoms with van der Waals surface area (Å²) < 4.78 is 2.21. The second-order valence-electron chi connectivity index (χ2n) is 4.38. The highest BCUT2D eigenvalue weighted by Crippen LogP contribution is 2.28. The van der Waals surface area contributed by atoms with Crippen molar-refractivity contribution in [3.05, 3.63) is 35.0 Å². The Bertz CT molecular complexity index is 507. The molecule has 1 heterocycles. The van der Waals surface area contributed by atoms with Crippen LogP contribution in [0.15, 0.2) is 18.2 Å². The minimum Gasteiger partial charge on any atom is -0.346 e. The Morgan fingerprint density at radius 1 is 1.27 bits per heavy atom. The minimum absolute atomic E-state index is 0.0858. The lowest BCUT2D eigenvalue weighted by atomic mass is 10.1. The molecule has 0 aliphatic heterocycles. The zero-order valence-electron chi connectivity index (χ0n) is 9.83. The van der Waals surface area contributed by atoms with Gasteiger partial charge < -0.3 is 10.3 Å². The SMILES string of the molecule is Cc1ccc2c(C)c(C(C)N)n(C)c2c1. The van der Waals surface area contributed by atoms with E-state index in [1.165, 1.54) is 27.7 Å². The smallest absolute Gasteiger partial charge is 0.0485 e. The number of benzene rings is 1. The van der Waals surface area contributed by atoms with Crippen molar-refractivity contribution >= 4 is 10.9 Å². The van der Waals surface area contributed by atoms with Gasteiger partial charge in [-0.25, -0.2) is 0 Å². The molecule has 1 aromatic carbocycles. The normalized spacial score (nSPS) is 13.4. The second kappa shape index (κ2) is 3.38. The maximum Gasteiger partial charge on any atom is 0.0485 e. The summed E-state index contributed by atoms with van der Waals surface area (Å²) >= 11 is 0. The molecule has 0 saturated heterocycles. The molecule has 0 aliphatic rings. The Kier molecular flexibility index (Phi) is 2.31. The van der Waals surface area contributed by atoms with Crippen LogP contribution in [0.5, 0.6) is 0 Å². The first-order valence-electron chi connectivity index (χ1n) is 5.33. The van der Waals surface area contributed by atoms with E-state index in [9.17, 15) is 0 Å². The van der Waals surface area contributed by atoms with E-state index in [-0.39, 0.29) is 6.04 Å². The number of fused-ring (bicyclic) bond motifs is 1. The van der Waals surface area contributed by atoms with Gasteiger partial charge in [-0.3, -0.25) is 0 Å².